The Morgan fingerprint density at radius 3 is 1.22 bits per heavy atom. The van der Waals surface area contributed by atoms with Crippen molar-refractivity contribution >= 4 is 31.9 Å². The Labute approximate surface area is 241 Å². The second-order valence-electron chi connectivity index (χ2n) is 11.3. The van der Waals surface area contributed by atoms with Crippen molar-refractivity contribution < 1.29 is 4.74 Å². The fourth-order valence-corrected chi connectivity index (χ4v) is 7.43. The smallest absolute Gasteiger partial charge is 0.101 e. The van der Waals surface area contributed by atoms with Gasteiger partial charge in [0.05, 0.1) is 0 Å². The van der Waals surface area contributed by atoms with Crippen molar-refractivity contribution in [1.82, 2.24) is 0 Å². The summed E-state index contributed by atoms with van der Waals surface area (Å²) in [6, 6.07) is 17.6. The Kier molecular flexibility index (Phi) is 7.76. The minimum absolute atomic E-state index is 0.332. The van der Waals surface area contributed by atoms with E-state index in [1.807, 2.05) is 0 Å². The van der Waals surface area contributed by atoms with Gasteiger partial charge in [-0.05, 0) is 102 Å². The molecule has 4 rings (SSSR count). The first kappa shape index (κ1) is 28.3. The first-order chi connectivity index (χ1) is 17.4. The van der Waals surface area contributed by atoms with Crippen LogP contribution in [0.2, 0.25) is 0 Å². The van der Waals surface area contributed by atoms with E-state index in [-0.39, 0.29) is 10.8 Å². The molecule has 0 radical (unpaired) electrons. The van der Waals surface area contributed by atoms with E-state index in [9.17, 15) is 0 Å². The molecule has 2 aliphatic carbocycles. The minimum atomic E-state index is -0.537. The Bertz CT molecular complexity index is 1190. The van der Waals surface area contributed by atoms with Crippen LogP contribution in [0.4, 0.5) is 0 Å². The molecule has 4 atom stereocenters. The van der Waals surface area contributed by atoms with Crippen molar-refractivity contribution in [3.05, 3.63) is 115 Å². The summed E-state index contributed by atoms with van der Waals surface area (Å²) in [5.74, 6) is 0. The van der Waals surface area contributed by atoms with E-state index in [2.05, 4.69) is 160 Å². The summed E-state index contributed by atoms with van der Waals surface area (Å²) in [7, 11) is 0. The van der Waals surface area contributed by atoms with Gasteiger partial charge >= 0.3 is 0 Å². The first-order valence-electron chi connectivity index (χ1n) is 13.4. The monoisotopic (exact) mass is 622 g/mol. The zero-order chi connectivity index (χ0) is 27.2. The SMILES string of the molecule is CCC1(OC2(CC)C=C(C)C=C(C)C2(C)c2ccc(Br)cc2)C=C(C)C=C(C)C1(C)c1ccc(Br)cc1. The van der Waals surface area contributed by atoms with Crippen LogP contribution in [0.25, 0.3) is 0 Å². The van der Waals surface area contributed by atoms with E-state index in [0.717, 1.165) is 21.8 Å². The van der Waals surface area contributed by atoms with Gasteiger partial charge in [0.25, 0.3) is 0 Å². The lowest BCUT2D eigenvalue weighted by Crippen LogP contribution is -2.62. The van der Waals surface area contributed by atoms with Crippen molar-refractivity contribution in [3.8, 4) is 0 Å². The van der Waals surface area contributed by atoms with Crippen molar-refractivity contribution in [1.29, 1.82) is 0 Å². The Balaban J connectivity index is 1.99. The van der Waals surface area contributed by atoms with E-state index in [1.54, 1.807) is 0 Å². The molecule has 3 heteroatoms. The molecule has 4 unspecified atom stereocenters. The summed E-state index contributed by atoms with van der Waals surface area (Å²) >= 11 is 7.28. The van der Waals surface area contributed by atoms with E-state index in [1.165, 1.54) is 33.4 Å². The maximum absolute atomic E-state index is 7.83. The highest BCUT2D eigenvalue weighted by molar-refractivity contribution is 9.10. The van der Waals surface area contributed by atoms with Crippen molar-refractivity contribution in [2.75, 3.05) is 0 Å². The number of rotatable bonds is 6. The maximum Gasteiger partial charge on any atom is 0.101 e. The lowest BCUT2D eigenvalue weighted by atomic mass is 9.57. The zero-order valence-corrected chi connectivity index (χ0v) is 26.7. The largest absolute Gasteiger partial charge is 0.358 e. The fraction of sp³-hybridized carbons (Fsp3) is 0.412. The standard InChI is InChI=1S/C34H40Br2O/c1-9-33(21-23(3)19-25(5)31(33,7)27-11-15-29(35)16-12-27)37-34(10-2)22-24(4)20-26(6)32(34,8)28-13-17-30(36)18-14-28/h11-22H,9-10H2,1-8H3. The molecule has 37 heavy (non-hydrogen) atoms. The summed E-state index contributed by atoms with van der Waals surface area (Å²) in [5, 5.41) is 0. The van der Waals surface area contributed by atoms with E-state index in [0.29, 0.717) is 0 Å². The minimum Gasteiger partial charge on any atom is -0.358 e. The van der Waals surface area contributed by atoms with Crippen LogP contribution < -0.4 is 0 Å². The van der Waals surface area contributed by atoms with Gasteiger partial charge in [-0.1, -0.05) is 104 Å². The number of hydrogen-bond acceptors (Lipinski definition) is 1. The van der Waals surface area contributed by atoms with E-state index < -0.39 is 11.2 Å². The number of allylic oxidation sites excluding steroid dienone is 4. The van der Waals surface area contributed by atoms with Crippen molar-refractivity contribution in [3.63, 3.8) is 0 Å². The third kappa shape index (κ3) is 4.39. The number of halogens is 2. The summed E-state index contributed by atoms with van der Waals surface area (Å²) in [6.07, 6.45) is 11.2. The lowest BCUT2D eigenvalue weighted by molar-refractivity contribution is -0.165. The van der Waals surface area contributed by atoms with Gasteiger partial charge in [0, 0.05) is 19.8 Å². The van der Waals surface area contributed by atoms with Gasteiger partial charge in [0.15, 0.2) is 0 Å². The zero-order valence-electron chi connectivity index (χ0n) is 23.5. The van der Waals surface area contributed by atoms with Gasteiger partial charge in [-0.2, -0.15) is 0 Å². The summed E-state index contributed by atoms with van der Waals surface area (Å²) < 4.78 is 10.0. The first-order valence-corrected chi connectivity index (χ1v) is 14.9. The highest BCUT2D eigenvalue weighted by atomic mass is 79.9. The predicted octanol–water partition coefficient (Wildman–Crippen LogP) is 10.6. The molecule has 2 aromatic rings. The molecule has 196 valence electrons. The molecule has 0 spiro atoms. The Morgan fingerprint density at radius 2 is 0.919 bits per heavy atom. The molecule has 2 aliphatic rings. The molecular formula is C34H40Br2O. The van der Waals surface area contributed by atoms with Crippen LogP contribution in [-0.2, 0) is 15.6 Å². The molecule has 0 saturated heterocycles. The Morgan fingerprint density at radius 1 is 0.595 bits per heavy atom. The number of benzene rings is 2. The molecule has 0 amide bonds. The summed E-state index contributed by atoms with van der Waals surface area (Å²) in [5.41, 5.74) is 5.99. The molecule has 0 fully saturated rings. The average Bonchev–Trinajstić information content (AvgIpc) is 2.86. The summed E-state index contributed by atoms with van der Waals surface area (Å²) in [6.45, 7) is 18.3. The third-order valence-electron chi connectivity index (χ3n) is 9.34. The quantitative estimate of drug-likeness (QED) is 0.311. The van der Waals surface area contributed by atoms with Gasteiger partial charge in [0.2, 0.25) is 0 Å². The van der Waals surface area contributed by atoms with Crippen LogP contribution in [0.5, 0.6) is 0 Å². The molecule has 0 saturated carbocycles. The molecule has 0 bridgehead atoms. The van der Waals surface area contributed by atoms with Gasteiger partial charge < -0.3 is 4.74 Å². The maximum atomic E-state index is 7.83. The molecule has 2 aromatic carbocycles. The molecule has 0 aromatic heterocycles. The molecular weight excluding hydrogens is 584 g/mol. The van der Waals surface area contributed by atoms with Crippen LogP contribution >= 0.6 is 31.9 Å². The highest BCUT2D eigenvalue weighted by Gasteiger charge is 2.59. The van der Waals surface area contributed by atoms with Crippen LogP contribution in [0.3, 0.4) is 0 Å². The fourth-order valence-electron chi connectivity index (χ4n) is 6.90. The molecule has 0 heterocycles. The highest BCUT2D eigenvalue weighted by Crippen LogP contribution is 2.57. The van der Waals surface area contributed by atoms with E-state index >= 15 is 0 Å². The molecule has 1 nitrogen and oxygen atoms in total. The third-order valence-corrected chi connectivity index (χ3v) is 10.4. The second kappa shape index (κ2) is 10.1. The topological polar surface area (TPSA) is 9.23 Å². The number of ether oxygens (including phenoxy) is 1. The molecule has 0 N–H and O–H groups in total. The van der Waals surface area contributed by atoms with Gasteiger partial charge in [-0.3, -0.25) is 0 Å². The van der Waals surface area contributed by atoms with Crippen molar-refractivity contribution in [2.24, 2.45) is 0 Å². The van der Waals surface area contributed by atoms with Crippen LogP contribution in [0, 0.1) is 0 Å². The van der Waals surface area contributed by atoms with Gasteiger partial charge in [0.1, 0.15) is 11.2 Å². The van der Waals surface area contributed by atoms with Gasteiger partial charge in [-0.15, -0.1) is 0 Å². The second-order valence-corrected chi connectivity index (χ2v) is 13.1. The van der Waals surface area contributed by atoms with Crippen LogP contribution in [0.15, 0.2) is 104 Å². The average molecular weight is 625 g/mol. The molecule has 0 aliphatic heterocycles. The van der Waals surface area contributed by atoms with Crippen LogP contribution in [0.1, 0.15) is 79.4 Å². The summed E-state index contributed by atoms with van der Waals surface area (Å²) in [4.78, 5) is 0. The Hall–Kier alpha value is -1.68. The van der Waals surface area contributed by atoms with Crippen LogP contribution in [-0.4, -0.2) is 11.2 Å². The lowest BCUT2D eigenvalue weighted by Gasteiger charge is -2.58. The normalized spacial score (nSPS) is 31.8. The number of hydrogen-bond donors (Lipinski definition) is 0. The van der Waals surface area contributed by atoms with E-state index in [4.69, 9.17) is 4.74 Å². The van der Waals surface area contributed by atoms with Crippen molar-refractivity contribution in [2.45, 2.75) is 90.3 Å². The van der Waals surface area contributed by atoms with Gasteiger partial charge in [-0.25, -0.2) is 0 Å². The predicted molar refractivity (Wildman–Crippen MR) is 165 cm³/mol.